The summed E-state index contributed by atoms with van der Waals surface area (Å²) < 4.78 is 19.3. The summed E-state index contributed by atoms with van der Waals surface area (Å²) in [5, 5.41) is 0. The van der Waals surface area contributed by atoms with Gasteiger partial charge < -0.3 is 18.9 Å². The second kappa shape index (κ2) is 11.5. The van der Waals surface area contributed by atoms with Gasteiger partial charge in [-0.3, -0.25) is 9.59 Å². The molecule has 2 aromatic rings. The Bertz CT molecular complexity index is 1040. The molecule has 0 spiro atoms. The van der Waals surface area contributed by atoms with Crippen LogP contribution in [0.4, 0.5) is 0 Å². The summed E-state index contributed by atoms with van der Waals surface area (Å²) in [7, 11) is 4.88. The van der Waals surface area contributed by atoms with Gasteiger partial charge in [0.25, 0.3) is 0 Å². The lowest BCUT2D eigenvalue weighted by Crippen LogP contribution is -2.21. The predicted molar refractivity (Wildman–Crippen MR) is 114 cm³/mol. The summed E-state index contributed by atoms with van der Waals surface area (Å²) in [6, 6.07) is 13.4. The van der Waals surface area contributed by atoms with Crippen molar-refractivity contribution in [1.29, 1.82) is 0 Å². The molecule has 0 aromatic heterocycles. The van der Waals surface area contributed by atoms with Crippen molar-refractivity contribution in [2.45, 2.75) is 12.3 Å². The van der Waals surface area contributed by atoms with E-state index in [1.165, 1.54) is 28.4 Å². The molecule has 0 aliphatic heterocycles. The predicted octanol–water partition coefficient (Wildman–Crippen LogP) is 2.44. The highest BCUT2D eigenvalue weighted by molar-refractivity contribution is 6.21. The van der Waals surface area contributed by atoms with Crippen molar-refractivity contribution in [3.63, 3.8) is 0 Å². The van der Waals surface area contributed by atoms with Crippen LogP contribution in [-0.4, -0.2) is 52.3 Å². The molecule has 0 aliphatic carbocycles. The maximum Gasteiger partial charge on any atom is 0.338 e. The van der Waals surface area contributed by atoms with Crippen molar-refractivity contribution in [1.82, 2.24) is 0 Å². The van der Waals surface area contributed by atoms with Crippen LogP contribution < -0.4 is 0 Å². The van der Waals surface area contributed by atoms with Gasteiger partial charge in [0.1, 0.15) is 5.92 Å². The molecular weight excluding hydrogens is 416 g/mol. The van der Waals surface area contributed by atoms with Crippen LogP contribution in [-0.2, 0) is 44.5 Å². The highest BCUT2D eigenvalue weighted by Gasteiger charge is 2.31. The third-order valence-corrected chi connectivity index (χ3v) is 4.80. The minimum atomic E-state index is -0.997. The monoisotopic (exact) mass is 440 g/mol. The fraction of sp³-hybridized carbons (Fsp3) is 0.250. The van der Waals surface area contributed by atoms with Gasteiger partial charge in [-0.15, -0.1) is 0 Å². The van der Waals surface area contributed by atoms with E-state index in [1.54, 1.807) is 48.5 Å². The van der Waals surface area contributed by atoms with Crippen molar-refractivity contribution in [2.75, 3.05) is 28.4 Å². The van der Waals surface area contributed by atoms with Gasteiger partial charge in [0.05, 0.1) is 40.4 Å². The quantitative estimate of drug-likeness (QED) is 0.350. The SMILES string of the molecule is COC(=O)/C=C(/C(=O)OC)c1ccccc1[C@@H](C(=O)OC)c1ccccc1CC(=O)OC. The number of methoxy groups -OCH3 is 4. The zero-order chi connectivity index (χ0) is 23.7. The summed E-state index contributed by atoms with van der Waals surface area (Å²) >= 11 is 0. The molecule has 0 saturated carbocycles. The van der Waals surface area contributed by atoms with Gasteiger partial charge in [-0.2, -0.15) is 0 Å². The standard InChI is InChI=1S/C24H24O8/c1-29-20(25)13-15-9-5-6-10-16(15)22(24(28)32-4)18-12-8-7-11-17(18)19(23(27)31-3)14-21(26)30-2/h5-12,14,22H,13H2,1-4H3/b19-14+/t22-/m0/s1. The molecule has 1 atom stereocenters. The molecule has 0 heterocycles. The molecule has 8 heteroatoms. The third kappa shape index (κ3) is 5.60. The molecular formula is C24H24O8. The smallest absolute Gasteiger partial charge is 0.338 e. The fourth-order valence-corrected chi connectivity index (χ4v) is 3.27. The molecule has 0 N–H and O–H groups in total. The molecule has 2 aromatic carbocycles. The summed E-state index contributed by atoms with van der Waals surface area (Å²) in [5.74, 6) is -3.63. The average molecular weight is 440 g/mol. The Morgan fingerprint density at radius 2 is 1.41 bits per heavy atom. The van der Waals surface area contributed by atoms with E-state index in [0.29, 0.717) is 16.7 Å². The third-order valence-electron chi connectivity index (χ3n) is 4.80. The maximum absolute atomic E-state index is 12.9. The Morgan fingerprint density at radius 3 is 2.00 bits per heavy atom. The zero-order valence-electron chi connectivity index (χ0n) is 18.2. The topological polar surface area (TPSA) is 105 Å². The van der Waals surface area contributed by atoms with Crippen molar-refractivity contribution < 1.29 is 38.1 Å². The average Bonchev–Trinajstić information content (AvgIpc) is 2.83. The van der Waals surface area contributed by atoms with Gasteiger partial charge >= 0.3 is 23.9 Å². The number of rotatable bonds is 8. The molecule has 168 valence electrons. The molecule has 0 amide bonds. The van der Waals surface area contributed by atoms with Gasteiger partial charge in [0.2, 0.25) is 0 Å². The van der Waals surface area contributed by atoms with E-state index in [0.717, 1.165) is 6.08 Å². The summed E-state index contributed by atoms with van der Waals surface area (Å²) in [6.07, 6.45) is 0.934. The van der Waals surface area contributed by atoms with E-state index < -0.39 is 29.8 Å². The van der Waals surface area contributed by atoms with Gasteiger partial charge in [-0.1, -0.05) is 48.5 Å². The first-order chi connectivity index (χ1) is 15.4. The Kier molecular flexibility index (Phi) is 8.71. The lowest BCUT2D eigenvalue weighted by Gasteiger charge is -2.22. The first kappa shape index (κ1) is 24.3. The second-order valence-electron chi connectivity index (χ2n) is 6.57. The molecule has 0 saturated heterocycles. The van der Waals surface area contributed by atoms with Crippen LogP contribution in [0.3, 0.4) is 0 Å². The van der Waals surface area contributed by atoms with Gasteiger partial charge in [0, 0.05) is 6.08 Å². The van der Waals surface area contributed by atoms with Gasteiger partial charge in [-0.25, -0.2) is 9.59 Å². The maximum atomic E-state index is 12.9. The number of hydrogen-bond donors (Lipinski definition) is 0. The van der Waals surface area contributed by atoms with Crippen LogP contribution in [0.5, 0.6) is 0 Å². The molecule has 32 heavy (non-hydrogen) atoms. The molecule has 0 radical (unpaired) electrons. The van der Waals surface area contributed by atoms with E-state index in [2.05, 4.69) is 4.74 Å². The number of ether oxygens (including phenoxy) is 4. The van der Waals surface area contributed by atoms with Crippen molar-refractivity contribution in [3.05, 3.63) is 76.9 Å². The van der Waals surface area contributed by atoms with Crippen LogP contribution in [0.1, 0.15) is 28.2 Å². The number of esters is 4. The summed E-state index contributed by atoms with van der Waals surface area (Å²) in [6.45, 7) is 0. The Labute approximate surface area is 185 Å². The number of carbonyl (C=O) groups is 4. The lowest BCUT2D eigenvalue weighted by molar-refractivity contribution is -0.142. The highest BCUT2D eigenvalue weighted by atomic mass is 16.5. The fourth-order valence-electron chi connectivity index (χ4n) is 3.27. The summed E-state index contributed by atoms with van der Waals surface area (Å²) in [4.78, 5) is 49.3. The first-order valence-corrected chi connectivity index (χ1v) is 9.57. The van der Waals surface area contributed by atoms with Crippen LogP contribution in [0.2, 0.25) is 0 Å². The number of hydrogen-bond acceptors (Lipinski definition) is 8. The van der Waals surface area contributed by atoms with Crippen molar-refractivity contribution >= 4 is 29.5 Å². The largest absolute Gasteiger partial charge is 0.469 e. The van der Waals surface area contributed by atoms with E-state index >= 15 is 0 Å². The van der Waals surface area contributed by atoms with Crippen molar-refractivity contribution in [2.24, 2.45) is 0 Å². The highest BCUT2D eigenvalue weighted by Crippen LogP contribution is 2.34. The minimum Gasteiger partial charge on any atom is -0.469 e. The van der Waals surface area contributed by atoms with E-state index in [1.807, 2.05) is 0 Å². The molecule has 0 unspecified atom stereocenters. The molecule has 0 fully saturated rings. The minimum absolute atomic E-state index is 0.0653. The Hall–Kier alpha value is -3.94. The molecule has 8 nitrogen and oxygen atoms in total. The van der Waals surface area contributed by atoms with Crippen molar-refractivity contribution in [3.8, 4) is 0 Å². The van der Waals surface area contributed by atoms with E-state index in [4.69, 9.17) is 14.2 Å². The van der Waals surface area contributed by atoms with Gasteiger partial charge in [-0.05, 0) is 22.3 Å². The number of benzene rings is 2. The van der Waals surface area contributed by atoms with Crippen LogP contribution in [0.25, 0.3) is 5.57 Å². The van der Waals surface area contributed by atoms with Crippen LogP contribution >= 0.6 is 0 Å². The van der Waals surface area contributed by atoms with Crippen LogP contribution in [0, 0.1) is 0 Å². The van der Waals surface area contributed by atoms with Gasteiger partial charge in [0.15, 0.2) is 0 Å². The zero-order valence-corrected chi connectivity index (χ0v) is 18.2. The lowest BCUT2D eigenvalue weighted by atomic mass is 9.83. The number of carbonyl (C=O) groups excluding carboxylic acids is 4. The molecule has 0 aliphatic rings. The van der Waals surface area contributed by atoms with E-state index in [9.17, 15) is 19.2 Å². The first-order valence-electron chi connectivity index (χ1n) is 9.57. The summed E-state index contributed by atoms with van der Waals surface area (Å²) in [5.41, 5.74) is 1.64. The Balaban J connectivity index is 2.77. The Morgan fingerprint density at radius 1 is 0.781 bits per heavy atom. The normalized spacial score (nSPS) is 11.8. The molecule has 0 bridgehead atoms. The second-order valence-corrected chi connectivity index (χ2v) is 6.57. The molecule has 2 rings (SSSR count). The van der Waals surface area contributed by atoms with Crippen LogP contribution in [0.15, 0.2) is 54.6 Å². The van der Waals surface area contributed by atoms with E-state index in [-0.39, 0.29) is 17.6 Å².